The Morgan fingerprint density at radius 2 is 2.09 bits per heavy atom. The van der Waals surface area contributed by atoms with Crippen molar-refractivity contribution < 1.29 is 23.8 Å². The molecule has 1 aliphatic heterocycles. The van der Waals surface area contributed by atoms with Crippen LogP contribution in [0, 0.1) is 11.7 Å². The molecule has 1 fully saturated rings. The third-order valence-corrected chi connectivity index (χ3v) is 7.03. The molecule has 1 saturated carbocycles. The standard InChI is InChI=1S/C24H31FN2O4S/c1-30-15-19(28)13-26(12-17-2-3-17)14-24(29)27-10-8-23-21(9-11-32-23)22(27)16-31-20-6-4-18(25)5-7-20/h4-7,9,11,17,19,22,28H,2-3,8,10,12-16H2,1H3/t19-,22+/m1/s1. The van der Waals surface area contributed by atoms with E-state index in [0.717, 1.165) is 18.5 Å². The summed E-state index contributed by atoms with van der Waals surface area (Å²) in [6, 6.07) is 7.84. The van der Waals surface area contributed by atoms with E-state index in [0.29, 0.717) is 31.4 Å². The molecule has 0 saturated heterocycles. The first-order valence-corrected chi connectivity index (χ1v) is 12.0. The van der Waals surface area contributed by atoms with E-state index in [2.05, 4.69) is 16.3 Å². The molecule has 1 aliphatic carbocycles. The van der Waals surface area contributed by atoms with Gasteiger partial charge >= 0.3 is 0 Å². The number of carbonyl (C=O) groups excluding carboxylic acids is 1. The van der Waals surface area contributed by atoms with Crippen molar-refractivity contribution in [3.05, 3.63) is 52.0 Å². The third-order valence-electron chi connectivity index (χ3n) is 6.04. The van der Waals surface area contributed by atoms with Gasteiger partial charge < -0.3 is 19.5 Å². The van der Waals surface area contributed by atoms with Gasteiger partial charge in [-0.3, -0.25) is 9.69 Å². The topological polar surface area (TPSA) is 62.2 Å². The van der Waals surface area contributed by atoms with Gasteiger partial charge in [0.15, 0.2) is 0 Å². The van der Waals surface area contributed by atoms with Crippen LogP contribution in [-0.4, -0.2) is 73.4 Å². The summed E-state index contributed by atoms with van der Waals surface area (Å²) in [5, 5.41) is 12.3. The predicted molar refractivity (Wildman–Crippen MR) is 121 cm³/mol. The molecule has 0 radical (unpaired) electrons. The first-order chi connectivity index (χ1) is 15.5. The van der Waals surface area contributed by atoms with Crippen LogP contribution < -0.4 is 4.74 Å². The molecular formula is C24H31FN2O4S. The Labute approximate surface area is 192 Å². The van der Waals surface area contributed by atoms with Crippen molar-refractivity contribution in [3.8, 4) is 5.75 Å². The zero-order valence-corrected chi connectivity index (χ0v) is 19.2. The van der Waals surface area contributed by atoms with Crippen molar-refractivity contribution in [2.24, 2.45) is 5.92 Å². The molecule has 1 amide bonds. The molecule has 8 heteroatoms. The van der Waals surface area contributed by atoms with Crippen LogP contribution in [0.25, 0.3) is 0 Å². The number of halogens is 1. The lowest BCUT2D eigenvalue weighted by atomic mass is 10.0. The van der Waals surface area contributed by atoms with Crippen molar-refractivity contribution in [2.75, 3.05) is 46.5 Å². The summed E-state index contributed by atoms with van der Waals surface area (Å²) in [5.41, 5.74) is 1.13. The average molecular weight is 463 g/mol. The number of amides is 1. The Morgan fingerprint density at radius 1 is 1.31 bits per heavy atom. The fourth-order valence-corrected chi connectivity index (χ4v) is 5.20. The molecule has 1 aromatic carbocycles. The molecule has 0 bridgehead atoms. The molecule has 0 unspecified atom stereocenters. The average Bonchev–Trinajstić information content (AvgIpc) is 3.45. The molecule has 4 rings (SSSR count). The number of nitrogens with zero attached hydrogens (tertiary/aromatic N) is 2. The number of hydrogen-bond acceptors (Lipinski definition) is 6. The number of carbonyl (C=O) groups is 1. The maximum atomic E-state index is 13.4. The van der Waals surface area contributed by atoms with Gasteiger partial charge in [-0.25, -0.2) is 4.39 Å². The van der Waals surface area contributed by atoms with E-state index in [1.54, 1.807) is 30.6 Å². The van der Waals surface area contributed by atoms with Gasteiger partial charge in [0.2, 0.25) is 5.91 Å². The van der Waals surface area contributed by atoms with Gasteiger partial charge in [-0.2, -0.15) is 0 Å². The molecule has 2 aromatic rings. The third kappa shape index (κ3) is 6.07. The molecule has 32 heavy (non-hydrogen) atoms. The number of rotatable bonds is 11. The molecule has 6 nitrogen and oxygen atoms in total. The summed E-state index contributed by atoms with van der Waals surface area (Å²) in [6.45, 7) is 2.72. The summed E-state index contributed by atoms with van der Waals surface area (Å²) in [7, 11) is 1.57. The number of benzene rings is 1. The zero-order valence-electron chi connectivity index (χ0n) is 18.4. The number of methoxy groups -OCH3 is 1. The number of ether oxygens (including phenoxy) is 2. The number of hydrogen-bond donors (Lipinski definition) is 1. The van der Waals surface area contributed by atoms with Crippen molar-refractivity contribution in [1.29, 1.82) is 0 Å². The molecule has 0 spiro atoms. The summed E-state index contributed by atoms with van der Waals surface area (Å²) in [4.78, 5) is 18.7. The quantitative estimate of drug-likeness (QED) is 0.556. The zero-order chi connectivity index (χ0) is 22.5. The van der Waals surface area contributed by atoms with Crippen LogP contribution >= 0.6 is 11.3 Å². The van der Waals surface area contributed by atoms with Crippen LogP contribution in [-0.2, 0) is 16.0 Å². The predicted octanol–water partition coefficient (Wildman–Crippen LogP) is 3.11. The van der Waals surface area contributed by atoms with Crippen LogP contribution in [0.3, 0.4) is 0 Å². The van der Waals surface area contributed by atoms with Gasteiger partial charge in [-0.05, 0) is 66.5 Å². The van der Waals surface area contributed by atoms with E-state index in [9.17, 15) is 14.3 Å². The Hall–Kier alpha value is -2.00. The SMILES string of the molecule is COC[C@H](O)CN(CC(=O)N1CCc2sccc2[C@@H]1COc1ccc(F)cc1)CC1CC1. The summed E-state index contributed by atoms with van der Waals surface area (Å²) < 4.78 is 24.2. The largest absolute Gasteiger partial charge is 0.491 e. The first kappa shape index (κ1) is 23.2. The minimum absolute atomic E-state index is 0.0415. The fraction of sp³-hybridized carbons (Fsp3) is 0.542. The second kappa shape index (κ2) is 10.7. The normalized spacial score (nSPS) is 19.1. The van der Waals surface area contributed by atoms with Crippen LogP contribution in [0.1, 0.15) is 29.3 Å². The summed E-state index contributed by atoms with van der Waals surface area (Å²) in [6.07, 6.45) is 2.58. The Bertz CT molecular complexity index is 886. The maximum Gasteiger partial charge on any atom is 0.237 e. The lowest BCUT2D eigenvalue weighted by Crippen LogP contribution is -2.48. The minimum atomic E-state index is -0.617. The van der Waals surface area contributed by atoms with Gasteiger partial charge in [0.05, 0.1) is 25.3 Å². The highest BCUT2D eigenvalue weighted by Crippen LogP contribution is 2.34. The lowest BCUT2D eigenvalue weighted by Gasteiger charge is -2.37. The summed E-state index contributed by atoms with van der Waals surface area (Å²) in [5.74, 6) is 0.928. The van der Waals surface area contributed by atoms with Crippen molar-refractivity contribution in [1.82, 2.24) is 9.80 Å². The Kier molecular flexibility index (Phi) is 7.78. The minimum Gasteiger partial charge on any atom is -0.491 e. The smallest absolute Gasteiger partial charge is 0.237 e. The van der Waals surface area contributed by atoms with E-state index in [4.69, 9.17) is 9.47 Å². The molecule has 2 heterocycles. The van der Waals surface area contributed by atoms with E-state index in [-0.39, 0.29) is 30.9 Å². The first-order valence-electron chi connectivity index (χ1n) is 11.2. The molecule has 1 N–H and O–H groups in total. The van der Waals surface area contributed by atoms with E-state index in [1.165, 1.54) is 29.9 Å². The highest BCUT2D eigenvalue weighted by atomic mass is 32.1. The van der Waals surface area contributed by atoms with Crippen LogP contribution in [0.5, 0.6) is 5.75 Å². The molecule has 174 valence electrons. The number of fused-ring (bicyclic) bond motifs is 1. The van der Waals surface area contributed by atoms with Gasteiger partial charge in [0, 0.05) is 31.6 Å². The van der Waals surface area contributed by atoms with Crippen molar-refractivity contribution in [3.63, 3.8) is 0 Å². The van der Waals surface area contributed by atoms with Crippen LogP contribution in [0.4, 0.5) is 4.39 Å². The second-order valence-electron chi connectivity index (χ2n) is 8.66. The van der Waals surface area contributed by atoms with E-state index < -0.39 is 6.10 Å². The van der Waals surface area contributed by atoms with Gasteiger partial charge in [-0.15, -0.1) is 11.3 Å². The van der Waals surface area contributed by atoms with Crippen LogP contribution in [0.15, 0.2) is 35.7 Å². The number of aliphatic hydroxyl groups is 1. The van der Waals surface area contributed by atoms with E-state index >= 15 is 0 Å². The molecule has 1 aromatic heterocycles. The maximum absolute atomic E-state index is 13.4. The van der Waals surface area contributed by atoms with Gasteiger partial charge in [-0.1, -0.05) is 0 Å². The Morgan fingerprint density at radius 3 is 2.81 bits per heavy atom. The summed E-state index contributed by atoms with van der Waals surface area (Å²) >= 11 is 1.71. The highest BCUT2D eigenvalue weighted by Gasteiger charge is 2.34. The monoisotopic (exact) mass is 462 g/mol. The van der Waals surface area contributed by atoms with Crippen molar-refractivity contribution >= 4 is 17.2 Å². The van der Waals surface area contributed by atoms with Crippen molar-refractivity contribution in [2.45, 2.75) is 31.4 Å². The Balaban J connectivity index is 1.44. The second-order valence-corrected chi connectivity index (χ2v) is 9.66. The number of thiophene rings is 1. The fourth-order valence-electron chi connectivity index (χ4n) is 4.28. The number of aliphatic hydroxyl groups excluding tert-OH is 1. The van der Waals surface area contributed by atoms with Crippen LogP contribution in [0.2, 0.25) is 0 Å². The lowest BCUT2D eigenvalue weighted by molar-refractivity contribution is -0.136. The van der Waals surface area contributed by atoms with E-state index in [1.807, 2.05) is 4.90 Å². The van der Waals surface area contributed by atoms with Gasteiger partial charge in [0.25, 0.3) is 0 Å². The molecule has 2 aliphatic rings. The highest BCUT2D eigenvalue weighted by molar-refractivity contribution is 7.10. The van der Waals surface area contributed by atoms with Gasteiger partial charge in [0.1, 0.15) is 18.2 Å². The molecular weight excluding hydrogens is 431 g/mol. The molecule has 2 atom stereocenters.